The van der Waals surface area contributed by atoms with Gasteiger partial charge in [-0.1, -0.05) is 11.6 Å². The summed E-state index contributed by atoms with van der Waals surface area (Å²) in [5, 5.41) is 10.6. The highest BCUT2D eigenvalue weighted by atomic mass is 35.5. The zero-order valence-electron chi connectivity index (χ0n) is 18.2. The van der Waals surface area contributed by atoms with Gasteiger partial charge in [0.05, 0.1) is 20.5 Å². The Morgan fingerprint density at radius 3 is 1.94 bits per heavy atom. The van der Waals surface area contributed by atoms with Crippen molar-refractivity contribution in [3.8, 4) is 0 Å². The smallest absolute Gasteiger partial charge is 0.373 e. The largest absolute Gasteiger partial charge is 0.426 e. The first-order chi connectivity index (χ1) is 15.8. The second-order valence-electron chi connectivity index (χ2n) is 7.41. The number of carbonyl (C=O) groups excluding carboxylic acids is 2. The Labute approximate surface area is 203 Å². The first kappa shape index (κ1) is 28.5. The second-order valence-corrected chi connectivity index (χ2v) is 11.7. The fourth-order valence-electron chi connectivity index (χ4n) is 2.37. The Kier molecular flexibility index (Phi) is 7.93. The minimum absolute atomic E-state index is 0.129. The number of nitrogens with one attached hydrogen (secondary N) is 2. The molecule has 2 aromatic carbocycles. The van der Waals surface area contributed by atoms with Crippen molar-refractivity contribution in [3.05, 3.63) is 53.1 Å². The lowest BCUT2D eigenvalue weighted by Crippen LogP contribution is -2.52. The monoisotopic (exact) mass is 557 g/mol. The Bertz CT molecular complexity index is 1360. The summed E-state index contributed by atoms with van der Waals surface area (Å²) < 4.78 is 90.3. The van der Waals surface area contributed by atoms with Crippen molar-refractivity contribution < 1.29 is 44.7 Å². The summed E-state index contributed by atoms with van der Waals surface area (Å²) in [7, 11) is -5.69. The molecule has 0 fully saturated rings. The minimum atomic E-state index is -5.29. The molecule has 0 saturated carbocycles. The maximum absolute atomic E-state index is 12.8. The number of halogens is 4. The molecule has 0 bridgehead atoms. The van der Waals surface area contributed by atoms with Crippen LogP contribution < -0.4 is 10.0 Å². The summed E-state index contributed by atoms with van der Waals surface area (Å²) in [6, 6.07) is 6.90. The normalized spacial score (nSPS) is 14.3. The Hall–Kier alpha value is -2.72. The van der Waals surface area contributed by atoms with Gasteiger partial charge >= 0.3 is 6.18 Å². The number of hydrogen-bond donors (Lipinski definition) is 3. The maximum Gasteiger partial charge on any atom is 0.426 e. The van der Waals surface area contributed by atoms with Crippen LogP contribution in [0, 0.1) is 0 Å². The van der Waals surface area contributed by atoms with E-state index in [1.807, 2.05) is 0 Å². The molecular formula is C19H19ClF3N3O7S2. The van der Waals surface area contributed by atoms with Crippen molar-refractivity contribution in [2.75, 3.05) is 19.4 Å². The molecular weight excluding hydrogens is 539 g/mol. The van der Waals surface area contributed by atoms with Crippen LogP contribution in [0.4, 0.5) is 18.9 Å². The third-order valence-corrected chi connectivity index (χ3v) is 8.09. The van der Waals surface area contributed by atoms with E-state index in [0.717, 1.165) is 46.8 Å². The average Bonchev–Trinajstić information content (AvgIpc) is 2.73. The first-order valence-corrected chi connectivity index (χ1v) is 12.6. The molecule has 1 atom stereocenters. The molecule has 0 aliphatic rings. The molecule has 0 heterocycles. The van der Waals surface area contributed by atoms with E-state index in [1.165, 1.54) is 14.1 Å². The van der Waals surface area contributed by atoms with Gasteiger partial charge in [0.15, 0.2) is 0 Å². The van der Waals surface area contributed by atoms with Gasteiger partial charge in [-0.25, -0.2) is 25.9 Å². The van der Waals surface area contributed by atoms with Gasteiger partial charge in [0.2, 0.25) is 15.6 Å². The molecule has 0 aliphatic carbocycles. The molecule has 192 valence electrons. The van der Waals surface area contributed by atoms with Crippen LogP contribution in [0.15, 0.2) is 52.3 Å². The van der Waals surface area contributed by atoms with Gasteiger partial charge in [-0.2, -0.15) is 13.2 Å². The average molecular weight is 558 g/mol. The maximum atomic E-state index is 12.8. The summed E-state index contributed by atoms with van der Waals surface area (Å²) in [5.41, 5.74) is -4.35. The predicted molar refractivity (Wildman–Crippen MR) is 119 cm³/mol. The van der Waals surface area contributed by atoms with Gasteiger partial charge in [0.1, 0.15) is 0 Å². The van der Waals surface area contributed by atoms with Crippen molar-refractivity contribution in [1.29, 1.82) is 0 Å². The molecule has 1 unspecified atom stereocenters. The zero-order chi connectivity index (χ0) is 27.0. The summed E-state index contributed by atoms with van der Waals surface area (Å²) in [6.45, 7) is 0.229. The minimum Gasteiger partial charge on any atom is -0.373 e. The van der Waals surface area contributed by atoms with E-state index in [4.69, 9.17) is 11.6 Å². The number of anilines is 1. The quantitative estimate of drug-likeness (QED) is 0.471. The van der Waals surface area contributed by atoms with E-state index in [2.05, 4.69) is 0 Å². The van der Waals surface area contributed by atoms with E-state index >= 15 is 0 Å². The van der Waals surface area contributed by atoms with Crippen LogP contribution in [0.2, 0.25) is 5.02 Å². The van der Waals surface area contributed by atoms with E-state index in [-0.39, 0.29) is 17.4 Å². The molecule has 10 nitrogen and oxygen atoms in total. The molecule has 0 aromatic heterocycles. The summed E-state index contributed by atoms with van der Waals surface area (Å²) >= 11 is 5.87. The number of carbonyl (C=O) groups is 2. The SMILES string of the molecule is CN(C)S(=O)(=O)c1ccc(C(=O)NS(=O)(=O)c2ccc(NC(=O)C(C)(O)C(F)(F)F)c(Cl)c2)cc1. The van der Waals surface area contributed by atoms with E-state index in [1.54, 1.807) is 10.0 Å². The molecule has 2 rings (SSSR count). The van der Waals surface area contributed by atoms with Crippen LogP contribution in [0.1, 0.15) is 17.3 Å². The third kappa shape index (κ3) is 6.10. The van der Waals surface area contributed by atoms with Crippen LogP contribution in [0.5, 0.6) is 0 Å². The van der Waals surface area contributed by atoms with Crippen molar-refractivity contribution in [2.24, 2.45) is 0 Å². The molecule has 3 N–H and O–H groups in total. The molecule has 2 amide bonds. The highest BCUT2D eigenvalue weighted by Gasteiger charge is 2.55. The van der Waals surface area contributed by atoms with Gasteiger partial charge in [-0.3, -0.25) is 9.59 Å². The van der Waals surface area contributed by atoms with Crippen LogP contribution in [0.3, 0.4) is 0 Å². The topological polar surface area (TPSA) is 150 Å². The number of hydrogen-bond acceptors (Lipinski definition) is 7. The standard InChI is InChI=1S/C19H19ClF3N3O7S2/c1-18(29,19(21,22)23)17(28)24-15-9-8-13(10-14(15)20)34(30,31)25-16(27)11-4-6-12(7-5-11)35(32,33)26(2)3/h4-10,29H,1-3H3,(H,24,28)(H,25,27). The molecule has 0 spiro atoms. The number of alkyl halides is 3. The van der Waals surface area contributed by atoms with Crippen molar-refractivity contribution in [2.45, 2.75) is 28.5 Å². The highest BCUT2D eigenvalue weighted by Crippen LogP contribution is 2.32. The lowest BCUT2D eigenvalue weighted by atomic mass is 10.1. The number of sulfonamides is 2. The fourth-order valence-corrected chi connectivity index (χ4v) is 4.56. The van der Waals surface area contributed by atoms with E-state index in [0.29, 0.717) is 0 Å². The van der Waals surface area contributed by atoms with Crippen molar-refractivity contribution in [1.82, 2.24) is 9.03 Å². The fraction of sp³-hybridized carbons (Fsp3) is 0.263. The number of rotatable bonds is 7. The van der Waals surface area contributed by atoms with Crippen LogP contribution in [-0.2, 0) is 24.8 Å². The van der Waals surface area contributed by atoms with Crippen LogP contribution in [0.25, 0.3) is 0 Å². The van der Waals surface area contributed by atoms with Gasteiger partial charge in [-0.15, -0.1) is 0 Å². The lowest BCUT2D eigenvalue weighted by molar-refractivity contribution is -0.242. The van der Waals surface area contributed by atoms with Crippen molar-refractivity contribution in [3.63, 3.8) is 0 Å². The number of benzene rings is 2. The van der Waals surface area contributed by atoms with Crippen LogP contribution >= 0.6 is 11.6 Å². The van der Waals surface area contributed by atoms with Gasteiger partial charge in [-0.05, 0) is 49.4 Å². The summed E-state index contributed by atoms with van der Waals surface area (Å²) in [4.78, 5) is 23.4. The third-order valence-electron chi connectivity index (χ3n) is 4.62. The Morgan fingerprint density at radius 1 is 0.971 bits per heavy atom. The lowest BCUT2D eigenvalue weighted by Gasteiger charge is -2.25. The Balaban J connectivity index is 2.22. The molecule has 2 aromatic rings. The van der Waals surface area contributed by atoms with Crippen LogP contribution in [-0.4, -0.2) is 63.9 Å². The number of nitrogens with zero attached hydrogens (tertiary/aromatic N) is 1. The van der Waals surface area contributed by atoms with Gasteiger partial charge in [0.25, 0.3) is 21.8 Å². The molecule has 35 heavy (non-hydrogen) atoms. The van der Waals surface area contributed by atoms with E-state index < -0.39 is 59.2 Å². The predicted octanol–water partition coefficient (Wildman–Crippen LogP) is 1.96. The highest BCUT2D eigenvalue weighted by molar-refractivity contribution is 7.90. The summed E-state index contributed by atoms with van der Waals surface area (Å²) in [5.74, 6) is -2.95. The molecule has 0 aliphatic heterocycles. The van der Waals surface area contributed by atoms with Gasteiger partial charge in [0, 0.05) is 19.7 Å². The van der Waals surface area contributed by atoms with Crippen molar-refractivity contribution >= 4 is 49.1 Å². The van der Waals surface area contributed by atoms with Gasteiger partial charge < -0.3 is 10.4 Å². The number of amides is 2. The zero-order valence-corrected chi connectivity index (χ0v) is 20.6. The summed E-state index contributed by atoms with van der Waals surface area (Å²) in [6.07, 6.45) is -5.29. The number of aliphatic hydroxyl groups is 1. The molecule has 0 radical (unpaired) electrons. The first-order valence-electron chi connectivity index (χ1n) is 9.30. The van der Waals surface area contributed by atoms with E-state index in [9.17, 15) is 44.7 Å². The Morgan fingerprint density at radius 2 is 1.49 bits per heavy atom. The molecule has 0 saturated heterocycles. The molecule has 16 heteroatoms. The second kappa shape index (κ2) is 9.73.